The van der Waals surface area contributed by atoms with Crippen LogP contribution in [-0.4, -0.2) is 38.6 Å². The Morgan fingerprint density at radius 1 is 1.19 bits per heavy atom. The lowest BCUT2D eigenvalue weighted by molar-refractivity contribution is -0.0647. The molecule has 0 atom stereocenters. The van der Waals surface area contributed by atoms with Crippen LogP contribution in [0.15, 0.2) is 55.0 Å². The topological polar surface area (TPSA) is 105 Å². The van der Waals surface area contributed by atoms with Gasteiger partial charge >= 0.3 is 0 Å². The van der Waals surface area contributed by atoms with Crippen LogP contribution in [0.3, 0.4) is 0 Å². The summed E-state index contributed by atoms with van der Waals surface area (Å²) in [6, 6.07) is 12.3. The zero-order valence-corrected chi connectivity index (χ0v) is 17.9. The van der Waals surface area contributed by atoms with Crippen molar-refractivity contribution >= 4 is 11.8 Å². The Labute approximate surface area is 185 Å². The van der Waals surface area contributed by atoms with Crippen molar-refractivity contribution in [2.24, 2.45) is 5.92 Å². The fourth-order valence-electron chi connectivity index (χ4n) is 3.54. The van der Waals surface area contributed by atoms with Gasteiger partial charge in [-0.15, -0.1) is 0 Å². The molecule has 1 aliphatic rings. The van der Waals surface area contributed by atoms with Gasteiger partial charge in [0.2, 0.25) is 0 Å². The smallest absolute Gasteiger partial charge is 0.277 e. The molecule has 2 N–H and O–H groups in total. The lowest BCUT2D eigenvalue weighted by Gasteiger charge is -2.19. The first-order valence-corrected chi connectivity index (χ1v) is 10.4. The summed E-state index contributed by atoms with van der Waals surface area (Å²) in [7, 11) is 0. The Balaban J connectivity index is 1.43. The highest BCUT2D eigenvalue weighted by molar-refractivity contribution is 5.95. The first-order chi connectivity index (χ1) is 15.4. The van der Waals surface area contributed by atoms with E-state index in [1.54, 1.807) is 36.5 Å². The Bertz CT molecular complexity index is 1160. The van der Waals surface area contributed by atoms with Crippen LogP contribution < -0.4 is 10.1 Å². The number of carbonyl (C=O) groups excluding carboxylic acids is 2. The van der Waals surface area contributed by atoms with Crippen LogP contribution in [0, 0.1) is 5.92 Å². The zero-order chi connectivity index (χ0) is 22.7. The zero-order valence-electron chi connectivity index (χ0n) is 17.9. The van der Waals surface area contributed by atoms with Crippen molar-refractivity contribution in [2.45, 2.75) is 27.0 Å². The van der Waals surface area contributed by atoms with Gasteiger partial charge in [0.15, 0.2) is 5.75 Å². The monoisotopic (exact) mass is 432 g/mol. The fourth-order valence-corrected chi connectivity index (χ4v) is 3.54. The first-order valence-electron chi connectivity index (χ1n) is 10.4. The molecule has 0 spiro atoms. The molecule has 0 saturated heterocycles. The molecule has 0 aliphatic carbocycles. The molecule has 1 aromatic heterocycles. The molecule has 32 heavy (non-hydrogen) atoms. The molecule has 8 nitrogen and oxygen atoms in total. The SMILES string of the molecule is CC(C)CN(O)C(=O)c1cccc(CNC(=O)c2ccc3c(c2)COc2cncnc2-3)c1. The first kappa shape index (κ1) is 21.5. The lowest BCUT2D eigenvalue weighted by Crippen LogP contribution is -2.31. The van der Waals surface area contributed by atoms with Crippen LogP contribution in [0.5, 0.6) is 5.75 Å². The molecule has 164 valence electrons. The van der Waals surface area contributed by atoms with Crippen molar-refractivity contribution in [3.8, 4) is 17.0 Å². The molecule has 0 fully saturated rings. The van der Waals surface area contributed by atoms with Gasteiger partial charge in [0, 0.05) is 23.2 Å². The third kappa shape index (κ3) is 4.60. The minimum absolute atomic E-state index is 0.148. The Morgan fingerprint density at radius 2 is 2.03 bits per heavy atom. The average molecular weight is 432 g/mol. The average Bonchev–Trinajstić information content (AvgIpc) is 2.81. The van der Waals surface area contributed by atoms with Gasteiger partial charge in [0.05, 0.1) is 12.7 Å². The number of nitrogens with zero attached hydrogens (tertiary/aromatic N) is 3. The maximum absolute atomic E-state index is 12.7. The number of hydrogen-bond acceptors (Lipinski definition) is 6. The number of amides is 2. The van der Waals surface area contributed by atoms with Crippen molar-refractivity contribution in [1.29, 1.82) is 0 Å². The van der Waals surface area contributed by atoms with Gasteiger partial charge in [-0.05, 0) is 41.3 Å². The molecular formula is C24H24N4O4. The molecule has 3 aromatic rings. The van der Waals surface area contributed by atoms with Crippen LogP contribution in [0.2, 0.25) is 0 Å². The van der Waals surface area contributed by atoms with Crippen molar-refractivity contribution < 1.29 is 19.5 Å². The Hall–Kier alpha value is -3.78. The molecule has 0 unspecified atom stereocenters. The number of hydrogen-bond donors (Lipinski definition) is 2. The van der Waals surface area contributed by atoms with Crippen molar-refractivity contribution in [2.75, 3.05) is 6.54 Å². The van der Waals surface area contributed by atoms with Crippen LogP contribution >= 0.6 is 0 Å². The van der Waals surface area contributed by atoms with E-state index in [9.17, 15) is 14.8 Å². The highest BCUT2D eigenvalue weighted by Gasteiger charge is 2.20. The third-order valence-corrected chi connectivity index (χ3v) is 5.08. The highest BCUT2D eigenvalue weighted by Crippen LogP contribution is 2.35. The Kier molecular flexibility index (Phi) is 6.13. The van der Waals surface area contributed by atoms with E-state index in [2.05, 4.69) is 15.3 Å². The third-order valence-electron chi connectivity index (χ3n) is 5.08. The number of rotatable bonds is 6. The minimum Gasteiger partial charge on any atom is -0.485 e. The number of hydroxylamine groups is 2. The largest absolute Gasteiger partial charge is 0.485 e. The number of carbonyl (C=O) groups is 2. The van der Waals surface area contributed by atoms with Crippen LogP contribution in [0.25, 0.3) is 11.3 Å². The van der Waals surface area contributed by atoms with E-state index in [1.165, 1.54) is 6.33 Å². The number of fused-ring (bicyclic) bond motifs is 3. The fraction of sp³-hybridized carbons (Fsp3) is 0.250. The number of nitrogens with one attached hydrogen (secondary N) is 1. The summed E-state index contributed by atoms with van der Waals surface area (Å²) in [4.78, 5) is 33.3. The second-order valence-electron chi connectivity index (χ2n) is 8.06. The lowest BCUT2D eigenvalue weighted by atomic mass is 9.99. The summed E-state index contributed by atoms with van der Waals surface area (Å²) >= 11 is 0. The van der Waals surface area contributed by atoms with Gasteiger partial charge in [-0.1, -0.05) is 32.0 Å². The second-order valence-corrected chi connectivity index (χ2v) is 8.06. The molecule has 0 saturated carbocycles. The quantitative estimate of drug-likeness (QED) is 0.457. The molecule has 0 radical (unpaired) electrons. The number of ether oxygens (including phenoxy) is 1. The van der Waals surface area contributed by atoms with Gasteiger partial charge in [-0.3, -0.25) is 14.8 Å². The molecular weight excluding hydrogens is 408 g/mol. The van der Waals surface area contributed by atoms with Gasteiger partial charge in [-0.25, -0.2) is 15.0 Å². The van der Waals surface area contributed by atoms with Crippen molar-refractivity contribution in [1.82, 2.24) is 20.3 Å². The molecule has 4 rings (SSSR count). The summed E-state index contributed by atoms with van der Waals surface area (Å²) in [5, 5.41) is 13.6. The predicted octanol–water partition coefficient (Wildman–Crippen LogP) is 3.45. The van der Waals surface area contributed by atoms with Crippen LogP contribution in [0.4, 0.5) is 0 Å². The van der Waals surface area contributed by atoms with Crippen molar-refractivity contribution in [3.63, 3.8) is 0 Å². The van der Waals surface area contributed by atoms with E-state index in [1.807, 2.05) is 26.0 Å². The summed E-state index contributed by atoms with van der Waals surface area (Å²) in [6.07, 6.45) is 3.10. The predicted molar refractivity (Wildman–Crippen MR) is 117 cm³/mol. The van der Waals surface area contributed by atoms with E-state index in [0.717, 1.165) is 21.8 Å². The van der Waals surface area contributed by atoms with E-state index >= 15 is 0 Å². The molecule has 0 bridgehead atoms. The van der Waals surface area contributed by atoms with Crippen LogP contribution in [0.1, 0.15) is 45.7 Å². The summed E-state index contributed by atoms with van der Waals surface area (Å²) in [5.74, 6) is 0.0723. The normalized spacial score (nSPS) is 11.9. The van der Waals surface area contributed by atoms with E-state index in [0.29, 0.717) is 29.2 Å². The summed E-state index contributed by atoms with van der Waals surface area (Å²) in [5.41, 5.74) is 4.15. The Morgan fingerprint density at radius 3 is 2.84 bits per heavy atom. The molecule has 2 aromatic carbocycles. The van der Waals surface area contributed by atoms with Gasteiger partial charge in [0.25, 0.3) is 11.8 Å². The summed E-state index contributed by atoms with van der Waals surface area (Å²) in [6.45, 7) is 4.68. The maximum Gasteiger partial charge on any atom is 0.277 e. The van der Waals surface area contributed by atoms with Gasteiger partial charge in [-0.2, -0.15) is 0 Å². The standard InChI is InChI=1S/C24H24N4O4/c1-15(2)12-28(31)24(30)18-5-3-4-16(8-18)10-26-23(29)17-6-7-20-19(9-17)13-32-21-11-25-14-27-22(20)21/h3-9,11,14-15,31H,10,12-13H2,1-2H3,(H,26,29). The number of benzene rings is 2. The molecule has 2 heterocycles. The summed E-state index contributed by atoms with van der Waals surface area (Å²) < 4.78 is 5.68. The molecule has 1 aliphatic heterocycles. The highest BCUT2D eigenvalue weighted by atomic mass is 16.5. The maximum atomic E-state index is 12.7. The van der Waals surface area contributed by atoms with Gasteiger partial charge in [0.1, 0.15) is 18.6 Å². The number of aromatic nitrogens is 2. The minimum atomic E-state index is -0.467. The van der Waals surface area contributed by atoms with Crippen molar-refractivity contribution in [3.05, 3.63) is 77.2 Å². The molecule has 2 amide bonds. The second kappa shape index (κ2) is 9.15. The van der Waals surface area contributed by atoms with E-state index in [-0.39, 0.29) is 24.9 Å². The van der Waals surface area contributed by atoms with Crippen LogP contribution in [-0.2, 0) is 13.2 Å². The van der Waals surface area contributed by atoms with E-state index in [4.69, 9.17) is 4.74 Å². The van der Waals surface area contributed by atoms with Gasteiger partial charge < -0.3 is 10.1 Å². The molecule has 8 heteroatoms. The van der Waals surface area contributed by atoms with E-state index < -0.39 is 5.91 Å².